The highest BCUT2D eigenvalue weighted by atomic mass is 28.4. The zero-order valence-corrected chi connectivity index (χ0v) is 14.4. The summed E-state index contributed by atoms with van der Waals surface area (Å²) >= 11 is 0. The lowest BCUT2D eigenvalue weighted by Gasteiger charge is -2.36. The number of unbranched alkanes of at least 4 members (excludes halogenated alkanes) is 1. The number of rotatable bonds is 7. The maximum atomic E-state index is 10.3. The fourth-order valence-electron chi connectivity index (χ4n) is 1.70. The number of nitroso groups, excluding NO2 is 1. The van der Waals surface area contributed by atoms with Crippen molar-refractivity contribution in [3.05, 3.63) is 34.7 Å². The Balaban J connectivity index is 2.26. The van der Waals surface area contributed by atoms with Gasteiger partial charge in [0.25, 0.3) is 0 Å². The summed E-state index contributed by atoms with van der Waals surface area (Å²) in [5.41, 5.74) is 1.75. The minimum absolute atomic E-state index is 0.282. The molecular formula is C16H27NO2Si. The molecule has 0 unspecified atom stereocenters. The second kappa shape index (κ2) is 7.13. The SMILES string of the molecule is CC(C)(C)[Si](C)(C)OCCCCc1ccc(N=O)cc1. The number of nitrogens with zero attached hydrogens (tertiary/aromatic N) is 1. The van der Waals surface area contributed by atoms with Gasteiger partial charge in [0.1, 0.15) is 5.69 Å². The van der Waals surface area contributed by atoms with Gasteiger partial charge in [-0.3, -0.25) is 0 Å². The van der Waals surface area contributed by atoms with E-state index in [2.05, 4.69) is 39.0 Å². The normalized spacial score (nSPS) is 12.4. The van der Waals surface area contributed by atoms with Gasteiger partial charge >= 0.3 is 0 Å². The molecule has 1 aromatic rings. The Bertz CT molecular complexity index is 421. The van der Waals surface area contributed by atoms with Crippen LogP contribution in [0.15, 0.2) is 29.4 Å². The molecular weight excluding hydrogens is 266 g/mol. The molecule has 20 heavy (non-hydrogen) atoms. The lowest BCUT2D eigenvalue weighted by Crippen LogP contribution is -2.40. The number of hydrogen-bond donors (Lipinski definition) is 0. The largest absolute Gasteiger partial charge is 0.417 e. The van der Waals surface area contributed by atoms with E-state index in [9.17, 15) is 4.91 Å². The quantitative estimate of drug-likeness (QED) is 0.382. The van der Waals surface area contributed by atoms with Crippen LogP contribution in [-0.2, 0) is 10.8 Å². The summed E-state index contributed by atoms with van der Waals surface area (Å²) in [4.78, 5) is 10.3. The Hall–Kier alpha value is -1.00. The highest BCUT2D eigenvalue weighted by molar-refractivity contribution is 6.74. The van der Waals surface area contributed by atoms with Gasteiger partial charge < -0.3 is 4.43 Å². The van der Waals surface area contributed by atoms with Crippen molar-refractivity contribution in [1.29, 1.82) is 0 Å². The summed E-state index contributed by atoms with van der Waals surface area (Å²) < 4.78 is 6.15. The van der Waals surface area contributed by atoms with E-state index >= 15 is 0 Å². The molecule has 0 fully saturated rings. The lowest BCUT2D eigenvalue weighted by molar-refractivity contribution is 0.279. The van der Waals surface area contributed by atoms with Crippen molar-refractivity contribution in [3.63, 3.8) is 0 Å². The zero-order valence-electron chi connectivity index (χ0n) is 13.4. The average molecular weight is 293 g/mol. The molecule has 0 aliphatic rings. The molecule has 0 saturated heterocycles. The van der Waals surface area contributed by atoms with Crippen molar-refractivity contribution in [1.82, 2.24) is 0 Å². The molecule has 112 valence electrons. The van der Waals surface area contributed by atoms with E-state index in [0.29, 0.717) is 5.69 Å². The van der Waals surface area contributed by atoms with Crippen molar-refractivity contribution in [3.8, 4) is 0 Å². The van der Waals surface area contributed by atoms with Crippen molar-refractivity contribution in [2.45, 2.75) is 58.2 Å². The summed E-state index contributed by atoms with van der Waals surface area (Å²) in [6.07, 6.45) is 3.22. The first-order chi connectivity index (χ1) is 9.26. The van der Waals surface area contributed by atoms with Crippen LogP contribution in [-0.4, -0.2) is 14.9 Å². The minimum atomic E-state index is -1.59. The van der Waals surface area contributed by atoms with E-state index in [4.69, 9.17) is 4.43 Å². The van der Waals surface area contributed by atoms with E-state index in [1.807, 2.05) is 12.1 Å². The molecule has 0 atom stereocenters. The predicted octanol–water partition coefficient (Wildman–Crippen LogP) is 5.43. The maximum Gasteiger partial charge on any atom is 0.191 e. The minimum Gasteiger partial charge on any atom is -0.417 e. The molecule has 0 aliphatic heterocycles. The van der Waals surface area contributed by atoms with Gasteiger partial charge in [0, 0.05) is 6.61 Å². The lowest BCUT2D eigenvalue weighted by atomic mass is 10.1. The third-order valence-corrected chi connectivity index (χ3v) is 8.71. The third kappa shape index (κ3) is 5.17. The Morgan fingerprint density at radius 1 is 1.10 bits per heavy atom. The van der Waals surface area contributed by atoms with Crippen LogP contribution in [0.5, 0.6) is 0 Å². The van der Waals surface area contributed by atoms with E-state index in [1.165, 1.54) is 5.56 Å². The van der Waals surface area contributed by atoms with Gasteiger partial charge in [-0.15, -0.1) is 4.91 Å². The molecule has 4 heteroatoms. The van der Waals surface area contributed by atoms with E-state index in [0.717, 1.165) is 25.9 Å². The molecule has 0 N–H and O–H groups in total. The molecule has 0 heterocycles. The van der Waals surface area contributed by atoms with Crippen LogP contribution >= 0.6 is 0 Å². The molecule has 0 saturated carbocycles. The Kier molecular flexibility index (Phi) is 6.08. The van der Waals surface area contributed by atoms with Gasteiger partial charge in [-0.25, -0.2) is 0 Å². The topological polar surface area (TPSA) is 38.7 Å². The molecule has 3 nitrogen and oxygen atoms in total. The Labute approximate surface area is 123 Å². The summed E-state index contributed by atoms with van der Waals surface area (Å²) in [6.45, 7) is 12.2. The van der Waals surface area contributed by atoms with Crippen molar-refractivity contribution >= 4 is 14.0 Å². The fourth-order valence-corrected chi connectivity index (χ4v) is 2.79. The first-order valence-electron chi connectivity index (χ1n) is 7.32. The van der Waals surface area contributed by atoms with Crippen molar-refractivity contribution in [2.75, 3.05) is 6.61 Å². The summed E-state index contributed by atoms with van der Waals surface area (Å²) in [6, 6.07) is 7.50. The Morgan fingerprint density at radius 3 is 2.20 bits per heavy atom. The van der Waals surface area contributed by atoms with Gasteiger partial charge in [-0.1, -0.05) is 32.9 Å². The number of benzene rings is 1. The summed E-state index contributed by atoms with van der Waals surface area (Å²) in [7, 11) is -1.59. The molecule has 0 bridgehead atoms. The smallest absolute Gasteiger partial charge is 0.191 e. The predicted molar refractivity (Wildman–Crippen MR) is 88.0 cm³/mol. The second-order valence-corrected chi connectivity index (χ2v) is 11.6. The van der Waals surface area contributed by atoms with Gasteiger partial charge in [0.15, 0.2) is 8.32 Å². The van der Waals surface area contributed by atoms with Crippen LogP contribution in [0.25, 0.3) is 0 Å². The van der Waals surface area contributed by atoms with Crippen LogP contribution in [0.2, 0.25) is 18.1 Å². The molecule has 0 spiro atoms. The molecule has 1 aromatic carbocycles. The molecule has 0 aliphatic carbocycles. The van der Waals surface area contributed by atoms with Gasteiger partial charge in [0.05, 0.1) is 0 Å². The average Bonchev–Trinajstić information content (AvgIpc) is 2.37. The van der Waals surface area contributed by atoms with Crippen molar-refractivity contribution in [2.24, 2.45) is 5.18 Å². The van der Waals surface area contributed by atoms with E-state index in [-0.39, 0.29) is 5.04 Å². The molecule has 0 amide bonds. The molecule has 1 rings (SSSR count). The summed E-state index contributed by atoms with van der Waals surface area (Å²) in [5.74, 6) is 0. The second-order valence-electron chi connectivity index (χ2n) is 6.82. The highest BCUT2D eigenvalue weighted by Crippen LogP contribution is 2.36. The first-order valence-corrected chi connectivity index (χ1v) is 10.2. The fraction of sp³-hybridized carbons (Fsp3) is 0.625. The van der Waals surface area contributed by atoms with E-state index in [1.54, 1.807) is 12.1 Å². The van der Waals surface area contributed by atoms with Gasteiger partial charge in [-0.2, -0.15) is 0 Å². The zero-order chi connectivity index (χ0) is 15.2. The Morgan fingerprint density at radius 2 is 1.70 bits per heavy atom. The van der Waals surface area contributed by atoms with Crippen LogP contribution in [0, 0.1) is 4.91 Å². The standard InChI is InChI=1S/C16H27NO2Si/c1-16(2,3)20(4,5)19-13-7-6-8-14-9-11-15(17-18)12-10-14/h9-12H,6-8,13H2,1-5H3. The number of aryl methyl sites for hydroxylation is 1. The monoisotopic (exact) mass is 293 g/mol. The van der Waals surface area contributed by atoms with Crippen LogP contribution in [0.3, 0.4) is 0 Å². The number of hydrogen-bond acceptors (Lipinski definition) is 3. The van der Waals surface area contributed by atoms with Crippen molar-refractivity contribution < 1.29 is 4.43 Å². The highest BCUT2D eigenvalue weighted by Gasteiger charge is 2.36. The molecule has 0 aromatic heterocycles. The first kappa shape index (κ1) is 17.0. The van der Waals surface area contributed by atoms with Gasteiger partial charge in [0.2, 0.25) is 0 Å². The van der Waals surface area contributed by atoms with Crippen LogP contribution in [0.1, 0.15) is 39.2 Å². The van der Waals surface area contributed by atoms with Crippen LogP contribution in [0.4, 0.5) is 5.69 Å². The molecule has 0 radical (unpaired) electrons. The summed E-state index contributed by atoms with van der Waals surface area (Å²) in [5, 5.41) is 3.19. The van der Waals surface area contributed by atoms with Gasteiger partial charge in [-0.05, 0) is 60.3 Å². The van der Waals surface area contributed by atoms with E-state index < -0.39 is 8.32 Å². The van der Waals surface area contributed by atoms with Crippen LogP contribution < -0.4 is 0 Å². The third-order valence-electron chi connectivity index (χ3n) is 4.17. The maximum absolute atomic E-state index is 10.3.